The lowest BCUT2D eigenvalue weighted by Crippen LogP contribution is -2.26. The Kier molecular flexibility index (Phi) is 6.31. The van der Waals surface area contributed by atoms with Gasteiger partial charge in [0.05, 0.1) is 16.3 Å². The highest BCUT2D eigenvalue weighted by Gasteiger charge is 2.18. The van der Waals surface area contributed by atoms with Gasteiger partial charge in [-0.05, 0) is 78.7 Å². The van der Waals surface area contributed by atoms with Gasteiger partial charge in [0, 0.05) is 23.6 Å². The molecule has 0 saturated carbocycles. The fraction of sp³-hybridized carbons (Fsp3) is 0.0741. The van der Waals surface area contributed by atoms with E-state index in [4.69, 9.17) is 4.74 Å². The average molecular weight is 488 g/mol. The van der Waals surface area contributed by atoms with Gasteiger partial charge in [0.2, 0.25) is 10.0 Å². The van der Waals surface area contributed by atoms with Gasteiger partial charge in [0.25, 0.3) is 0 Å². The van der Waals surface area contributed by atoms with E-state index < -0.39 is 10.0 Å². The van der Waals surface area contributed by atoms with Gasteiger partial charge in [-0.25, -0.2) is 17.5 Å². The third-order valence-corrected chi connectivity index (χ3v) is 7.05. The van der Waals surface area contributed by atoms with Gasteiger partial charge in [-0.1, -0.05) is 24.3 Å². The highest BCUT2D eigenvalue weighted by Crippen LogP contribution is 2.30. The Morgan fingerprint density at radius 3 is 2.37 bits per heavy atom. The van der Waals surface area contributed by atoms with Gasteiger partial charge in [-0.15, -0.1) is 0 Å². The number of para-hydroxylation sites is 1. The summed E-state index contributed by atoms with van der Waals surface area (Å²) in [5, 5.41) is 0.701. The third-order valence-electron chi connectivity index (χ3n) is 5.57. The van der Waals surface area contributed by atoms with E-state index in [1.807, 2.05) is 48.5 Å². The SMILES string of the molecule is O=S(=O)(NCCc1c(-c2ccccn2)[nH]c2ccc(F)cc12)c1ccc(Oc2ccccc2)cc1. The van der Waals surface area contributed by atoms with Crippen LogP contribution in [0.2, 0.25) is 0 Å². The smallest absolute Gasteiger partial charge is 0.240 e. The fourth-order valence-electron chi connectivity index (χ4n) is 3.91. The van der Waals surface area contributed by atoms with Crippen LogP contribution in [0.3, 0.4) is 0 Å². The Balaban J connectivity index is 1.33. The third kappa shape index (κ3) is 5.08. The lowest BCUT2D eigenvalue weighted by atomic mass is 10.1. The maximum absolute atomic E-state index is 14.0. The number of pyridine rings is 1. The number of aromatic nitrogens is 2. The Bertz CT molecular complexity index is 1550. The molecule has 2 N–H and O–H groups in total. The van der Waals surface area contributed by atoms with Crippen LogP contribution in [0, 0.1) is 5.82 Å². The number of rotatable bonds is 8. The molecular formula is C27H22FN3O3S. The van der Waals surface area contributed by atoms with Gasteiger partial charge in [0.1, 0.15) is 17.3 Å². The van der Waals surface area contributed by atoms with Crippen molar-refractivity contribution in [1.82, 2.24) is 14.7 Å². The van der Waals surface area contributed by atoms with Gasteiger partial charge < -0.3 is 9.72 Å². The first-order chi connectivity index (χ1) is 17.0. The minimum Gasteiger partial charge on any atom is -0.457 e. The van der Waals surface area contributed by atoms with Crippen LogP contribution in [0.5, 0.6) is 11.5 Å². The van der Waals surface area contributed by atoms with Crippen LogP contribution in [-0.2, 0) is 16.4 Å². The second-order valence-corrected chi connectivity index (χ2v) is 9.68. The molecule has 3 aromatic carbocycles. The molecule has 0 aliphatic carbocycles. The van der Waals surface area contributed by atoms with E-state index in [9.17, 15) is 12.8 Å². The molecule has 0 aliphatic rings. The summed E-state index contributed by atoms with van der Waals surface area (Å²) < 4.78 is 48.1. The summed E-state index contributed by atoms with van der Waals surface area (Å²) >= 11 is 0. The Morgan fingerprint density at radius 1 is 0.886 bits per heavy atom. The standard InChI is InChI=1S/C27H22FN3O3S/c28-19-9-14-25-24(18-19)23(27(31-25)26-8-4-5-16-29-26)15-17-30-35(32,33)22-12-10-21(11-13-22)34-20-6-2-1-3-7-20/h1-14,16,18,30-31H,15,17H2. The highest BCUT2D eigenvalue weighted by molar-refractivity contribution is 7.89. The number of H-pyrrole nitrogens is 1. The van der Waals surface area contributed by atoms with E-state index in [1.54, 1.807) is 24.4 Å². The lowest BCUT2D eigenvalue weighted by Gasteiger charge is -2.10. The Labute approximate surface area is 202 Å². The van der Waals surface area contributed by atoms with Gasteiger partial charge >= 0.3 is 0 Å². The van der Waals surface area contributed by atoms with Crippen molar-refractivity contribution in [2.45, 2.75) is 11.3 Å². The van der Waals surface area contributed by atoms with Crippen LogP contribution >= 0.6 is 0 Å². The van der Waals surface area contributed by atoms with E-state index in [1.165, 1.54) is 24.3 Å². The summed E-state index contributed by atoms with van der Waals surface area (Å²) in [7, 11) is -3.75. The number of halogens is 1. The van der Waals surface area contributed by atoms with Crippen molar-refractivity contribution >= 4 is 20.9 Å². The number of fused-ring (bicyclic) bond motifs is 1. The predicted molar refractivity (Wildman–Crippen MR) is 133 cm³/mol. The summed E-state index contributed by atoms with van der Waals surface area (Å²) in [6.45, 7) is 0.133. The number of hydrogen-bond donors (Lipinski definition) is 2. The highest BCUT2D eigenvalue weighted by atomic mass is 32.2. The molecule has 0 aliphatic heterocycles. The van der Waals surface area contributed by atoms with Crippen LogP contribution in [0.1, 0.15) is 5.56 Å². The van der Waals surface area contributed by atoms with Crippen LogP contribution in [-0.4, -0.2) is 24.9 Å². The summed E-state index contributed by atoms with van der Waals surface area (Å²) in [5.74, 6) is 0.847. The van der Waals surface area contributed by atoms with Crippen LogP contribution in [0.4, 0.5) is 4.39 Å². The number of sulfonamides is 1. The molecule has 0 fully saturated rings. The first kappa shape index (κ1) is 22.8. The molecule has 0 saturated heterocycles. The summed E-state index contributed by atoms with van der Waals surface area (Å²) in [5.41, 5.74) is 3.01. The van der Waals surface area contributed by atoms with E-state index >= 15 is 0 Å². The fourth-order valence-corrected chi connectivity index (χ4v) is 4.95. The molecule has 0 bridgehead atoms. The van der Waals surface area contributed by atoms with Gasteiger partial charge in [0.15, 0.2) is 0 Å². The topological polar surface area (TPSA) is 84.1 Å². The van der Waals surface area contributed by atoms with Crippen molar-refractivity contribution in [3.63, 3.8) is 0 Å². The first-order valence-electron chi connectivity index (χ1n) is 11.0. The summed E-state index contributed by atoms with van der Waals surface area (Å²) in [6.07, 6.45) is 2.03. The maximum Gasteiger partial charge on any atom is 0.240 e. The van der Waals surface area contributed by atoms with Crippen molar-refractivity contribution in [1.29, 1.82) is 0 Å². The summed E-state index contributed by atoms with van der Waals surface area (Å²) in [4.78, 5) is 7.82. The molecule has 35 heavy (non-hydrogen) atoms. The van der Waals surface area contributed by atoms with Gasteiger partial charge in [-0.2, -0.15) is 0 Å². The molecule has 0 amide bonds. The molecule has 0 radical (unpaired) electrons. The Hall–Kier alpha value is -4.01. The maximum atomic E-state index is 14.0. The number of nitrogens with one attached hydrogen (secondary N) is 2. The van der Waals surface area contributed by atoms with Crippen molar-refractivity contribution < 1.29 is 17.5 Å². The lowest BCUT2D eigenvalue weighted by molar-refractivity contribution is 0.482. The number of hydrogen-bond acceptors (Lipinski definition) is 4. The summed E-state index contributed by atoms with van der Waals surface area (Å²) in [6, 6.07) is 25.5. The number of ether oxygens (including phenoxy) is 1. The molecule has 0 atom stereocenters. The number of benzene rings is 3. The zero-order chi connectivity index (χ0) is 24.3. The van der Waals surface area contributed by atoms with E-state index in [0.29, 0.717) is 29.0 Å². The molecule has 8 heteroatoms. The molecule has 5 aromatic rings. The monoisotopic (exact) mass is 487 g/mol. The van der Waals surface area contributed by atoms with Crippen molar-refractivity contribution in [3.05, 3.63) is 109 Å². The molecule has 2 aromatic heterocycles. The molecule has 6 nitrogen and oxygen atoms in total. The van der Waals surface area contributed by atoms with E-state index in [2.05, 4.69) is 14.7 Å². The van der Waals surface area contributed by atoms with E-state index in [-0.39, 0.29) is 17.3 Å². The average Bonchev–Trinajstić information content (AvgIpc) is 3.23. The molecule has 5 rings (SSSR count). The van der Waals surface area contributed by atoms with Crippen molar-refractivity contribution in [3.8, 4) is 22.9 Å². The quantitative estimate of drug-likeness (QED) is 0.295. The van der Waals surface area contributed by atoms with Gasteiger partial charge in [-0.3, -0.25) is 4.98 Å². The predicted octanol–water partition coefficient (Wildman–Crippen LogP) is 5.68. The minimum atomic E-state index is -3.75. The number of nitrogens with zero attached hydrogens (tertiary/aromatic N) is 1. The molecule has 0 unspecified atom stereocenters. The van der Waals surface area contributed by atoms with Crippen LogP contribution in [0.15, 0.2) is 102 Å². The molecular weight excluding hydrogens is 465 g/mol. The second kappa shape index (κ2) is 9.69. The second-order valence-electron chi connectivity index (χ2n) is 7.92. The molecule has 2 heterocycles. The van der Waals surface area contributed by atoms with E-state index in [0.717, 1.165) is 16.8 Å². The zero-order valence-electron chi connectivity index (χ0n) is 18.6. The molecule has 0 spiro atoms. The van der Waals surface area contributed by atoms with Crippen LogP contribution in [0.25, 0.3) is 22.3 Å². The van der Waals surface area contributed by atoms with Crippen molar-refractivity contribution in [2.75, 3.05) is 6.54 Å². The minimum absolute atomic E-state index is 0.132. The Morgan fingerprint density at radius 2 is 1.63 bits per heavy atom. The normalized spacial score (nSPS) is 11.6. The van der Waals surface area contributed by atoms with Crippen molar-refractivity contribution in [2.24, 2.45) is 0 Å². The number of aromatic amines is 1. The largest absolute Gasteiger partial charge is 0.457 e. The molecule has 176 valence electrons. The first-order valence-corrected chi connectivity index (χ1v) is 12.5. The van der Waals surface area contributed by atoms with Crippen LogP contribution < -0.4 is 9.46 Å². The zero-order valence-corrected chi connectivity index (χ0v) is 19.4.